The third-order valence-corrected chi connectivity index (χ3v) is 3.38. The molecule has 86 valence electrons. The van der Waals surface area contributed by atoms with E-state index in [4.69, 9.17) is 11.6 Å². The molecule has 3 heteroatoms. The molecule has 0 aliphatic carbocycles. The minimum atomic E-state index is 0.106. The number of piperidine rings is 1. The van der Waals surface area contributed by atoms with Gasteiger partial charge in [-0.2, -0.15) is 0 Å². The molecule has 1 aliphatic heterocycles. The number of hydrogen-bond donors (Lipinski definition) is 0. The van der Waals surface area contributed by atoms with Crippen molar-refractivity contribution in [3.05, 3.63) is 34.9 Å². The van der Waals surface area contributed by atoms with Crippen LogP contribution >= 0.6 is 11.6 Å². The van der Waals surface area contributed by atoms with Crippen LogP contribution in [0.25, 0.3) is 0 Å². The molecule has 1 aliphatic rings. The minimum Gasteiger partial charge on any atom is -0.339 e. The number of rotatable bonds is 1. The third-order valence-electron chi connectivity index (χ3n) is 3.14. The fraction of sp³-hybridized carbons (Fsp3) is 0.462. The van der Waals surface area contributed by atoms with E-state index in [0.29, 0.717) is 10.6 Å². The van der Waals surface area contributed by atoms with Crippen molar-refractivity contribution in [3.63, 3.8) is 0 Å². The average molecular weight is 238 g/mol. The molecule has 0 unspecified atom stereocenters. The quantitative estimate of drug-likeness (QED) is 0.735. The second-order valence-electron chi connectivity index (χ2n) is 4.49. The first kappa shape index (κ1) is 11.5. The van der Waals surface area contributed by atoms with E-state index in [-0.39, 0.29) is 5.91 Å². The highest BCUT2D eigenvalue weighted by Gasteiger charge is 2.21. The lowest BCUT2D eigenvalue weighted by molar-refractivity contribution is 0.0697. The Bertz CT molecular complexity index is 383. The molecular weight excluding hydrogens is 222 g/mol. The monoisotopic (exact) mass is 237 g/mol. The van der Waals surface area contributed by atoms with Crippen molar-refractivity contribution in [2.75, 3.05) is 13.1 Å². The predicted octanol–water partition coefficient (Wildman–Crippen LogP) is 3.21. The second kappa shape index (κ2) is 4.88. The van der Waals surface area contributed by atoms with Gasteiger partial charge in [-0.25, -0.2) is 0 Å². The van der Waals surface area contributed by atoms with Gasteiger partial charge in [0.05, 0.1) is 0 Å². The predicted molar refractivity (Wildman–Crippen MR) is 65.8 cm³/mol. The smallest absolute Gasteiger partial charge is 0.253 e. The number of carbonyl (C=O) groups excluding carboxylic acids is 1. The lowest BCUT2D eigenvalue weighted by Gasteiger charge is -2.30. The van der Waals surface area contributed by atoms with Crippen molar-refractivity contribution in [2.45, 2.75) is 19.8 Å². The van der Waals surface area contributed by atoms with Crippen LogP contribution in [0.4, 0.5) is 0 Å². The highest BCUT2D eigenvalue weighted by Crippen LogP contribution is 2.19. The number of likely N-dealkylation sites (tertiary alicyclic amines) is 1. The Balaban J connectivity index is 2.08. The van der Waals surface area contributed by atoms with E-state index in [0.717, 1.165) is 31.8 Å². The summed E-state index contributed by atoms with van der Waals surface area (Å²) in [6.07, 6.45) is 2.21. The highest BCUT2D eigenvalue weighted by atomic mass is 35.5. The molecule has 16 heavy (non-hydrogen) atoms. The fourth-order valence-corrected chi connectivity index (χ4v) is 2.21. The van der Waals surface area contributed by atoms with Crippen LogP contribution < -0.4 is 0 Å². The van der Waals surface area contributed by atoms with Gasteiger partial charge < -0.3 is 4.90 Å². The summed E-state index contributed by atoms with van der Waals surface area (Å²) >= 11 is 5.88. The molecule has 1 fully saturated rings. The molecule has 0 atom stereocenters. The van der Waals surface area contributed by atoms with Crippen LogP contribution in [-0.4, -0.2) is 23.9 Å². The van der Waals surface area contributed by atoms with E-state index >= 15 is 0 Å². The minimum absolute atomic E-state index is 0.106. The number of carbonyl (C=O) groups is 1. The summed E-state index contributed by atoms with van der Waals surface area (Å²) in [5.74, 6) is 0.845. The van der Waals surface area contributed by atoms with Crippen LogP contribution in [0.3, 0.4) is 0 Å². The molecule has 1 heterocycles. The number of nitrogens with zero attached hydrogens (tertiary/aromatic N) is 1. The highest BCUT2D eigenvalue weighted by molar-refractivity contribution is 6.30. The Morgan fingerprint density at radius 2 is 2.06 bits per heavy atom. The lowest BCUT2D eigenvalue weighted by atomic mass is 9.98. The SMILES string of the molecule is CC1CCN(C(=O)c2cccc(Cl)c2)CC1. The molecule has 1 amide bonds. The Labute approximate surface area is 101 Å². The number of hydrogen-bond acceptors (Lipinski definition) is 1. The number of halogens is 1. The van der Waals surface area contributed by atoms with E-state index in [1.54, 1.807) is 12.1 Å². The second-order valence-corrected chi connectivity index (χ2v) is 4.92. The van der Waals surface area contributed by atoms with Gasteiger partial charge in [-0.1, -0.05) is 24.6 Å². The van der Waals surface area contributed by atoms with E-state index in [1.165, 1.54) is 0 Å². The third kappa shape index (κ3) is 2.56. The van der Waals surface area contributed by atoms with Crippen molar-refractivity contribution in [2.24, 2.45) is 5.92 Å². The zero-order chi connectivity index (χ0) is 11.5. The summed E-state index contributed by atoms with van der Waals surface area (Å²) in [5, 5.41) is 0.622. The van der Waals surface area contributed by atoms with Crippen molar-refractivity contribution in [1.29, 1.82) is 0 Å². The lowest BCUT2D eigenvalue weighted by Crippen LogP contribution is -2.37. The van der Waals surface area contributed by atoms with Crippen LogP contribution in [0.15, 0.2) is 24.3 Å². The Kier molecular flexibility index (Phi) is 3.49. The molecule has 0 aromatic heterocycles. The standard InChI is InChI=1S/C13H16ClNO/c1-10-5-7-15(8-6-10)13(16)11-3-2-4-12(14)9-11/h2-4,9-10H,5-8H2,1H3. The van der Waals surface area contributed by atoms with Gasteiger partial charge in [0.15, 0.2) is 0 Å². The summed E-state index contributed by atoms with van der Waals surface area (Å²) in [5.41, 5.74) is 0.696. The Morgan fingerprint density at radius 1 is 1.38 bits per heavy atom. The van der Waals surface area contributed by atoms with Gasteiger partial charge in [0.2, 0.25) is 0 Å². The summed E-state index contributed by atoms with van der Waals surface area (Å²) in [4.78, 5) is 14.0. The molecule has 2 nitrogen and oxygen atoms in total. The zero-order valence-electron chi connectivity index (χ0n) is 9.45. The van der Waals surface area contributed by atoms with Crippen LogP contribution in [0.1, 0.15) is 30.1 Å². The van der Waals surface area contributed by atoms with E-state index in [2.05, 4.69) is 6.92 Å². The van der Waals surface area contributed by atoms with E-state index in [1.807, 2.05) is 17.0 Å². The maximum atomic E-state index is 12.1. The zero-order valence-corrected chi connectivity index (χ0v) is 10.2. The number of amides is 1. The van der Waals surface area contributed by atoms with Crippen LogP contribution in [0.5, 0.6) is 0 Å². The molecule has 0 bridgehead atoms. The normalized spacial score (nSPS) is 17.5. The first-order chi connectivity index (χ1) is 7.66. The molecule has 1 saturated heterocycles. The van der Waals surface area contributed by atoms with Crippen molar-refractivity contribution in [3.8, 4) is 0 Å². The Morgan fingerprint density at radius 3 is 2.69 bits per heavy atom. The van der Waals surface area contributed by atoms with Gasteiger partial charge in [0, 0.05) is 23.7 Å². The number of benzene rings is 1. The molecule has 0 radical (unpaired) electrons. The summed E-state index contributed by atoms with van der Waals surface area (Å²) in [6, 6.07) is 7.17. The van der Waals surface area contributed by atoms with Gasteiger partial charge in [-0.3, -0.25) is 4.79 Å². The molecule has 1 aromatic carbocycles. The maximum absolute atomic E-state index is 12.1. The summed E-state index contributed by atoms with van der Waals surface area (Å²) < 4.78 is 0. The molecular formula is C13H16ClNO. The fourth-order valence-electron chi connectivity index (χ4n) is 2.02. The van der Waals surface area contributed by atoms with Crippen molar-refractivity contribution >= 4 is 17.5 Å². The van der Waals surface area contributed by atoms with Gasteiger partial charge in [0.1, 0.15) is 0 Å². The van der Waals surface area contributed by atoms with Gasteiger partial charge >= 0.3 is 0 Å². The topological polar surface area (TPSA) is 20.3 Å². The van der Waals surface area contributed by atoms with Gasteiger partial charge in [0.25, 0.3) is 5.91 Å². The Hall–Kier alpha value is -1.02. The largest absolute Gasteiger partial charge is 0.339 e. The summed E-state index contributed by atoms with van der Waals surface area (Å²) in [6.45, 7) is 3.97. The molecule has 1 aromatic rings. The van der Waals surface area contributed by atoms with Crippen LogP contribution in [-0.2, 0) is 0 Å². The van der Waals surface area contributed by atoms with Crippen LogP contribution in [0, 0.1) is 5.92 Å². The van der Waals surface area contributed by atoms with E-state index < -0.39 is 0 Å². The molecule has 0 spiro atoms. The van der Waals surface area contributed by atoms with Crippen molar-refractivity contribution < 1.29 is 4.79 Å². The summed E-state index contributed by atoms with van der Waals surface area (Å²) in [7, 11) is 0. The van der Waals surface area contributed by atoms with Crippen LogP contribution in [0.2, 0.25) is 5.02 Å². The van der Waals surface area contributed by atoms with Gasteiger partial charge in [-0.05, 0) is 37.0 Å². The van der Waals surface area contributed by atoms with Gasteiger partial charge in [-0.15, -0.1) is 0 Å². The average Bonchev–Trinajstić information content (AvgIpc) is 2.29. The molecule has 0 N–H and O–H groups in total. The van der Waals surface area contributed by atoms with E-state index in [9.17, 15) is 4.79 Å². The molecule has 2 rings (SSSR count). The van der Waals surface area contributed by atoms with Crippen molar-refractivity contribution in [1.82, 2.24) is 4.90 Å². The first-order valence-electron chi connectivity index (χ1n) is 5.71. The maximum Gasteiger partial charge on any atom is 0.253 e. The first-order valence-corrected chi connectivity index (χ1v) is 6.09. The molecule has 0 saturated carbocycles.